The maximum atomic E-state index is 14.4. The number of aliphatic hydroxyl groups is 1. The molecule has 3 aliphatic heterocycles. The van der Waals surface area contributed by atoms with E-state index in [-0.39, 0.29) is 35.5 Å². The van der Waals surface area contributed by atoms with Crippen molar-refractivity contribution >= 4 is 35.2 Å². The van der Waals surface area contributed by atoms with Gasteiger partial charge in [-0.25, -0.2) is 0 Å². The molecule has 0 saturated carbocycles. The Bertz CT molecular complexity index is 1180. The van der Waals surface area contributed by atoms with Gasteiger partial charge >= 0.3 is 0 Å². The SMILES string of the molecule is CC1C[C@H]2SC13C(C(=O)NC(C)(C)C)N([C@H](CO)c1ccccc1)C(=O)[C@@H]3[C@H]2C(=O)Nc1ccccc1. The smallest absolute Gasteiger partial charge is 0.244 e. The molecule has 8 heteroatoms. The van der Waals surface area contributed by atoms with Gasteiger partial charge in [0.2, 0.25) is 17.7 Å². The predicted molar refractivity (Wildman–Crippen MR) is 145 cm³/mol. The first-order valence-corrected chi connectivity index (χ1v) is 13.8. The lowest BCUT2D eigenvalue weighted by molar-refractivity contribution is -0.142. The van der Waals surface area contributed by atoms with Gasteiger partial charge in [0, 0.05) is 16.5 Å². The summed E-state index contributed by atoms with van der Waals surface area (Å²) >= 11 is 1.63. The molecule has 5 rings (SSSR count). The first-order valence-electron chi connectivity index (χ1n) is 12.9. The van der Waals surface area contributed by atoms with E-state index < -0.39 is 34.2 Å². The number of nitrogens with zero attached hydrogens (tertiary/aromatic N) is 1. The fourth-order valence-electron chi connectivity index (χ4n) is 6.61. The van der Waals surface area contributed by atoms with E-state index in [1.165, 1.54) is 0 Å². The Balaban J connectivity index is 1.59. The highest BCUT2D eigenvalue weighted by Gasteiger charge is 2.76. The van der Waals surface area contributed by atoms with Crippen LogP contribution in [0, 0.1) is 17.8 Å². The van der Waals surface area contributed by atoms with E-state index >= 15 is 0 Å². The van der Waals surface area contributed by atoms with Crippen LogP contribution in [-0.2, 0) is 14.4 Å². The highest BCUT2D eigenvalue weighted by atomic mass is 32.2. The lowest BCUT2D eigenvalue weighted by atomic mass is 9.65. The minimum Gasteiger partial charge on any atom is -0.394 e. The largest absolute Gasteiger partial charge is 0.394 e. The van der Waals surface area contributed by atoms with Crippen LogP contribution in [0.15, 0.2) is 60.7 Å². The Morgan fingerprint density at radius 2 is 1.70 bits per heavy atom. The molecule has 37 heavy (non-hydrogen) atoms. The van der Waals surface area contributed by atoms with Crippen LogP contribution in [-0.4, -0.2) is 55.9 Å². The summed E-state index contributed by atoms with van der Waals surface area (Å²) in [5.74, 6) is -1.81. The number of carbonyl (C=O) groups is 3. The second kappa shape index (κ2) is 9.48. The number of fused-ring (bicyclic) bond motifs is 1. The summed E-state index contributed by atoms with van der Waals surface area (Å²) in [5.41, 5.74) is 0.946. The van der Waals surface area contributed by atoms with Gasteiger partial charge < -0.3 is 20.6 Å². The van der Waals surface area contributed by atoms with Crippen LogP contribution < -0.4 is 10.6 Å². The number of carbonyl (C=O) groups excluding carboxylic acids is 3. The Hall–Kier alpha value is -2.84. The summed E-state index contributed by atoms with van der Waals surface area (Å²) in [7, 11) is 0. The summed E-state index contributed by atoms with van der Waals surface area (Å²) < 4.78 is -0.752. The number of para-hydroxylation sites is 1. The number of amides is 3. The number of likely N-dealkylation sites (tertiary alicyclic amines) is 1. The lowest BCUT2D eigenvalue weighted by Gasteiger charge is -2.41. The van der Waals surface area contributed by atoms with Crippen LogP contribution in [0.4, 0.5) is 5.69 Å². The first-order chi connectivity index (χ1) is 17.6. The lowest BCUT2D eigenvalue weighted by Crippen LogP contribution is -2.59. The van der Waals surface area contributed by atoms with Crippen molar-refractivity contribution in [2.45, 2.75) is 61.7 Å². The molecule has 0 radical (unpaired) electrons. The van der Waals surface area contributed by atoms with Crippen LogP contribution in [0.25, 0.3) is 0 Å². The molecule has 2 aromatic carbocycles. The van der Waals surface area contributed by atoms with Crippen molar-refractivity contribution < 1.29 is 19.5 Å². The fraction of sp³-hybridized carbons (Fsp3) is 0.483. The zero-order chi connectivity index (χ0) is 26.5. The molecule has 3 amide bonds. The van der Waals surface area contributed by atoms with E-state index in [4.69, 9.17) is 0 Å². The minimum absolute atomic E-state index is 0.0491. The van der Waals surface area contributed by atoms with Gasteiger partial charge in [0.05, 0.1) is 29.2 Å². The number of anilines is 1. The molecule has 3 heterocycles. The number of benzene rings is 2. The van der Waals surface area contributed by atoms with E-state index in [1.54, 1.807) is 16.7 Å². The van der Waals surface area contributed by atoms with E-state index in [1.807, 2.05) is 81.4 Å². The van der Waals surface area contributed by atoms with Crippen LogP contribution in [0.3, 0.4) is 0 Å². The van der Waals surface area contributed by atoms with Gasteiger partial charge in [-0.1, -0.05) is 55.5 Å². The monoisotopic (exact) mass is 521 g/mol. The van der Waals surface area contributed by atoms with Crippen LogP contribution in [0.5, 0.6) is 0 Å². The molecule has 7 atom stereocenters. The maximum Gasteiger partial charge on any atom is 0.244 e. The number of rotatable bonds is 6. The van der Waals surface area contributed by atoms with E-state index in [0.717, 1.165) is 12.0 Å². The Morgan fingerprint density at radius 1 is 1.08 bits per heavy atom. The van der Waals surface area contributed by atoms with Gasteiger partial charge in [-0.15, -0.1) is 11.8 Å². The van der Waals surface area contributed by atoms with Crippen molar-refractivity contribution in [2.24, 2.45) is 17.8 Å². The molecule has 3 unspecified atom stereocenters. The summed E-state index contributed by atoms with van der Waals surface area (Å²) in [6.45, 7) is 7.53. The van der Waals surface area contributed by atoms with Crippen LogP contribution in [0.1, 0.15) is 45.7 Å². The summed E-state index contributed by atoms with van der Waals surface area (Å²) in [6, 6.07) is 17.1. The van der Waals surface area contributed by atoms with Crippen molar-refractivity contribution in [2.75, 3.05) is 11.9 Å². The molecule has 1 spiro atoms. The Morgan fingerprint density at radius 3 is 2.30 bits per heavy atom. The maximum absolute atomic E-state index is 14.4. The summed E-state index contributed by atoms with van der Waals surface area (Å²) in [6.07, 6.45) is 0.754. The molecule has 196 valence electrons. The van der Waals surface area contributed by atoms with Crippen molar-refractivity contribution in [3.8, 4) is 0 Å². The molecule has 2 bridgehead atoms. The highest BCUT2D eigenvalue weighted by molar-refractivity contribution is 8.02. The normalized spacial score (nSPS) is 31.2. The van der Waals surface area contributed by atoms with Crippen molar-refractivity contribution in [3.05, 3.63) is 66.2 Å². The quantitative estimate of drug-likeness (QED) is 0.540. The molecule has 3 fully saturated rings. The van der Waals surface area contributed by atoms with E-state index in [0.29, 0.717) is 5.69 Å². The standard InChI is InChI=1S/C29H35N3O4S/c1-17-15-21-22(25(34)30-19-13-9-6-10-14-19)23-27(36)32(20(16-33)18-11-7-5-8-12-18)24(29(17,23)37-21)26(35)31-28(2,3)4/h5-14,17,20-24,33H,15-16H2,1-4H3,(H,30,34)(H,31,35)/t17?,20-,21-,22+,23+,24?,29?/m1/s1. The zero-order valence-corrected chi connectivity index (χ0v) is 22.5. The first kappa shape index (κ1) is 25.8. The molecule has 0 aromatic heterocycles. The van der Waals surface area contributed by atoms with Crippen LogP contribution in [0.2, 0.25) is 0 Å². The summed E-state index contributed by atoms with van der Waals surface area (Å²) in [4.78, 5) is 43.7. The number of hydrogen-bond donors (Lipinski definition) is 3. The second-order valence-corrected chi connectivity index (χ2v) is 13.0. The average molecular weight is 522 g/mol. The Kier molecular flexibility index (Phi) is 6.61. The Labute approximate surface area is 222 Å². The molecular formula is C29H35N3O4S. The third kappa shape index (κ3) is 4.24. The average Bonchev–Trinajstić information content (AvgIpc) is 3.44. The molecular weight excluding hydrogens is 486 g/mol. The predicted octanol–water partition coefficient (Wildman–Crippen LogP) is 3.61. The molecule has 2 aromatic rings. The third-order valence-electron chi connectivity index (χ3n) is 7.97. The van der Waals surface area contributed by atoms with Gasteiger partial charge in [0.15, 0.2) is 0 Å². The fourth-order valence-corrected chi connectivity index (χ4v) is 9.02. The molecule has 3 N–H and O–H groups in total. The van der Waals surface area contributed by atoms with Crippen molar-refractivity contribution in [1.82, 2.24) is 10.2 Å². The van der Waals surface area contributed by atoms with Gasteiger partial charge in [-0.2, -0.15) is 0 Å². The number of nitrogens with one attached hydrogen (secondary N) is 2. The third-order valence-corrected chi connectivity index (χ3v) is 10.0. The molecule has 3 saturated heterocycles. The molecule has 7 nitrogen and oxygen atoms in total. The zero-order valence-electron chi connectivity index (χ0n) is 21.7. The number of aliphatic hydroxyl groups excluding tert-OH is 1. The topological polar surface area (TPSA) is 98.7 Å². The molecule has 3 aliphatic rings. The van der Waals surface area contributed by atoms with Gasteiger partial charge in [0.25, 0.3) is 0 Å². The second-order valence-electron chi connectivity index (χ2n) is 11.5. The van der Waals surface area contributed by atoms with Crippen molar-refractivity contribution in [3.63, 3.8) is 0 Å². The minimum atomic E-state index is -0.805. The molecule has 0 aliphatic carbocycles. The van der Waals surface area contributed by atoms with Gasteiger partial charge in [-0.3, -0.25) is 14.4 Å². The van der Waals surface area contributed by atoms with Gasteiger partial charge in [0.1, 0.15) is 6.04 Å². The van der Waals surface area contributed by atoms with E-state index in [2.05, 4.69) is 17.6 Å². The van der Waals surface area contributed by atoms with Crippen molar-refractivity contribution in [1.29, 1.82) is 0 Å². The summed E-state index contributed by atoms with van der Waals surface area (Å²) in [5, 5.41) is 16.6. The van der Waals surface area contributed by atoms with Gasteiger partial charge in [-0.05, 0) is 50.8 Å². The number of thioether (sulfide) groups is 1. The number of hydrogen-bond acceptors (Lipinski definition) is 5. The van der Waals surface area contributed by atoms with Crippen LogP contribution >= 0.6 is 11.8 Å². The highest BCUT2D eigenvalue weighted by Crippen LogP contribution is 2.69. The van der Waals surface area contributed by atoms with E-state index in [9.17, 15) is 19.5 Å².